The van der Waals surface area contributed by atoms with Crippen LogP contribution >= 0.6 is 0 Å². The number of hydrogen-bond donors (Lipinski definition) is 0. The second kappa shape index (κ2) is 8.10. The fraction of sp³-hybridized carbons (Fsp3) is 0.364. The van der Waals surface area contributed by atoms with Crippen LogP contribution in [-0.4, -0.2) is 51.7 Å². The van der Waals surface area contributed by atoms with E-state index in [0.717, 1.165) is 24.0 Å². The summed E-state index contributed by atoms with van der Waals surface area (Å²) in [5.41, 5.74) is 2.98. The van der Waals surface area contributed by atoms with Crippen LogP contribution in [0, 0.1) is 12.7 Å². The second-order valence-electron chi connectivity index (χ2n) is 7.43. The Labute approximate surface area is 164 Å². The van der Waals surface area contributed by atoms with Gasteiger partial charge in [-0.3, -0.25) is 14.4 Å². The maximum atomic E-state index is 13.8. The first-order chi connectivity index (χ1) is 13.6. The lowest BCUT2D eigenvalue weighted by Crippen LogP contribution is -2.48. The topological polar surface area (TPSA) is 41.4 Å². The number of aromatic nitrogens is 2. The molecule has 0 spiro atoms. The summed E-state index contributed by atoms with van der Waals surface area (Å²) in [5, 5.41) is 5.53. The van der Waals surface area contributed by atoms with Crippen LogP contribution in [0.15, 0.2) is 48.7 Å². The van der Waals surface area contributed by atoms with E-state index in [4.69, 9.17) is 0 Å². The van der Waals surface area contributed by atoms with Crippen molar-refractivity contribution in [3.05, 3.63) is 65.6 Å². The van der Waals surface area contributed by atoms with Gasteiger partial charge in [0.15, 0.2) is 0 Å². The molecule has 0 radical (unpaired) electrons. The Bertz CT molecular complexity index is 976. The SMILES string of the molecule is Cc1ccc2c(cnn2CCC(=O)N2CCN(Cc3ccccc3F)CC2)c1. The molecule has 4 rings (SSSR count). The van der Waals surface area contributed by atoms with Gasteiger partial charge in [0, 0.05) is 50.1 Å². The zero-order valence-electron chi connectivity index (χ0n) is 16.1. The molecule has 28 heavy (non-hydrogen) atoms. The molecule has 3 aromatic rings. The third kappa shape index (κ3) is 4.07. The number of piperazine rings is 1. The highest BCUT2D eigenvalue weighted by Gasteiger charge is 2.21. The molecule has 2 aromatic carbocycles. The first-order valence-electron chi connectivity index (χ1n) is 9.76. The van der Waals surface area contributed by atoms with Crippen LogP contribution in [0.25, 0.3) is 10.9 Å². The lowest BCUT2D eigenvalue weighted by molar-refractivity contribution is -0.133. The average molecular weight is 380 g/mol. The third-order valence-corrected chi connectivity index (χ3v) is 5.41. The molecule has 1 fully saturated rings. The number of fused-ring (bicyclic) bond motifs is 1. The summed E-state index contributed by atoms with van der Waals surface area (Å²) in [6.07, 6.45) is 2.30. The molecule has 0 saturated carbocycles. The highest BCUT2D eigenvalue weighted by atomic mass is 19.1. The number of rotatable bonds is 5. The van der Waals surface area contributed by atoms with Crippen LogP contribution in [0.1, 0.15) is 17.5 Å². The average Bonchev–Trinajstić information content (AvgIpc) is 3.10. The monoisotopic (exact) mass is 380 g/mol. The molecule has 6 heteroatoms. The number of carbonyl (C=O) groups excluding carboxylic acids is 1. The molecule has 0 aliphatic carbocycles. The van der Waals surface area contributed by atoms with Crippen molar-refractivity contribution in [2.24, 2.45) is 0 Å². The summed E-state index contributed by atoms with van der Waals surface area (Å²) in [4.78, 5) is 16.7. The van der Waals surface area contributed by atoms with Crippen LogP contribution in [0.3, 0.4) is 0 Å². The summed E-state index contributed by atoms with van der Waals surface area (Å²) in [6, 6.07) is 13.1. The van der Waals surface area contributed by atoms with Crippen molar-refractivity contribution in [1.29, 1.82) is 0 Å². The van der Waals surface area contributed by atoms with Crippen LogP contribution in [-0.2, 0) is 17.9 Å². The van der Waals surface area contributed by atoms with Crippen molar-refractivity contribution < 1.29 is 9.18 Å². The predicted octanol–water partition coefficient (Wildman–Crippen LogP) is 3.22. The normalized spacial score (nSPS) is 15.3. The van der Waals surface area contributed by atoms with Gasteiger partial charge in [-0.25, -0.2) is 4.39 Å². The van der Waals surface area contributed by atoms with Crippen molar-refractivity contribution in [2.75, 3.05) is 26.2 Å². The van der Waals surface area contributed by atoms with Crippen LogP contribution in [0.2, 0.25) is 0 Å². The van der Waals surface area contributed by atoms with Gasteiger partial charge in [-0.1, -0.05) is 29.8 Å². The highest BCUT2D eigenvalue weighted by molar-refractivity contribution is 5.80. The van der Waals surface area contributed by atoms with Crippen LogP contribution < -0.4 is 0 Å². The number of hydrogen-bond acceptors (Lipinski definition) is 3. The molecule has 0 bridgehead atoms. The Morgan fingerprint density at radius 2 is 1.89 bits per heavy atom. The van der Waals surface area contributed by atoms with E-state index in [1.54, 1.807) is 6.07 Å². The number of halogens is 1. The number of amides is 1. The van der Waals surface area contributed by atoms with E-state index in [1.807, 2.05) is 27.9 Å². The largest absolute Gasteiger partial charge is 0.340 e. The van der Waals surface area contributed by atoms with E-state index in [1.165, 1.54) is 11.6 Å². The van der Waals surface area contributed by atoms with Gasteiger partial charge in [-0.05, 0) is 25.1 Å². The molecular weight excluding hydrogens is 355 g/mol. The van der Waals surface area contributed by atoms with Crippen molar-refractivity contribution in [2.45, 2.75) is 26.4 Å². The minimum absolute atomic E-state index is 0.154. The Morgan fingerprint density at radius 1 is 1.11 bits per heavy atom. The van der Waals surface area contributed by atoms with Gasteiger partial charge in [0.1, 0.15) is 5.82 Å². The fourth-order valence-electron chi connectivity index (χ4n) is 3.77. The van der Waals surface area contributed by atoms with Gasteiger partial charge in [-0.2, -0.15) is 5.10 Å². The zero-order valence-corrected chi connectivity index (χ0v) is 16.1. The van der Waals surface area contributed by atoms with E-state index in [9.17, 15) is 9.18 Å². The van der Waals surface area contributed by atoms with Crippen molar-refractivity contribution in [3.63, 3.8) is 0 Å². The van der Waals surface area contributed by atoms with Crippen molar-refractivity contribution in [1.82, 2.24) is 19.6 Å². The maximum Gasteiger partial charge on any atom is 0.224 e. The number of nitrogens with zero attached hydrogens (tertiary/aromatic N) is 4. The standard InChI is InChI=1S/C22H25FN4O/c1-17-6-7-21-19(14-17)15-24-27(21)9-8-22(28)26-12-10-25(11-13-26)16-18-4-2-3-5-20(18)23/h2-7,14-15H,8-13,16H2,1H3. The van der Waals surface area contributed by atoms with Crippen LogP contribution in [0.4, 0.5) is 4.39 Å². The molecule has 1 aliphatic rings. The summed E-state index contributed by atoms with van der Waals surface area (Å²) in [6.45, 7) is 6.15. The van der Waals surface area contributed by atoms with Gasteiger partial charge in [0.2, 0.25) is 5.91 Å². The molecule has 146 valence electrons. The highest BCUT2D eigenvalue weighted by Crippen LogP contribution is 2.16. The molecule has 2 heterocycles. The molecular formula is C22H25FN4O. The second-order valence-corrected chi connectivity index (χ2v) is 7.43. The molecule has 5 nitrogen and oxygen atoms in total. The summed E-state index contributed by atoms with van der Waals surface area (Å²) < 4.78 is 15.7. The summed E-state index contributed by atoms with van der Waals surface area (Å²) in [7, 11) is 0. The smallest absolute Gasteiger partial charge is 0.224 e. The predicted molar refractivity (Wildman–Crippen MR) is 107 cm³/mol. The van der Waals surface area contributed by atoms with Crippen molar-refractivity contribution in [3.8, 4) is 0 Å². The Morgan fingerprint density at radius 3 is 2.68 bits per heavy atom. The minimum Gasteiger partial charge on any atom is -0.340 e. The maximum absolute atomic E-state index is 13.8. The molecule has 1 aromatic heterocycles. The van der Waals surface area contributed by atoms with Gasteiger partial charge < -0.3 is 4.90 Å². The fourth-order valence-corrected chi connectivity index (χ4v) is 3.77. The van der Waals surface area contributed by atoms with Gasteiger partial charge >= 0.3 is 0 Å². The molecule has 1 aliphatic heterocycles. The van der Waals surface area contributed by atoms with E-state index >= 15 is 0 Å². The summed E-state index contributed by atoms with van der Waals surface area (Å²) >= 11 is 0. The van der Waals surface area contributed by atoms with E-state index in [0.29, 0.717) is 38.2 Å². The number of benzene rings is 2. The lowest BCUT2D eigenvalue weighted by atomic mass is 10.2. The molecule has 0 N–H and O–H groups in total. The Kier molecular flexibility index (Phi) is 5.39. The van der Waals surface area contributed by atoms with Gasteiger partial charge in [-0.15, -0.1) is 0 Å². The Balaban J connectivity index is 1.28. The van der Waals surface area contributed by atoms with Crippen molar-refractivity contribution >= 4 is 16.8 Å². The van der Waals surface area contributed by atoms with Gasteiger partial charge in [0.05, 0.1) is 18.3 Å². The van der Waals surface area contributed by atoms with E-state index in [2.05, 4.69) is 35.1 Å². The number of carbonyl (C=O) groups is 1. The van der Waals surface area contributed by atoms with Crippen LogP contribution in [0.5, 0.6) is 0 Å². The quantitative estimate of drug-likeness (QED) is 0.683. The van der Waals surface area contributed by atoms with E-state index < -0.39 is 0 Å². The molecule has 0 unspecified atom stereocenters. The van der Waals surface area contributed by atoms with Gasteiger partial charge in [0.25, 0.3) is 0 Å². The molecule has 1 amide bonds. The zero-order chi connectivity index (χ0) is 19.5. The summed E-state index contributed by atoms with van der Waals surface area (Å²) in [5.74, 6) is -0.0102. The Hall–Kier alpha value is -2.73. The molecule has 0 atom stereocenters. The van der Waals surface area contributed by atoms with E-state index in [-0.39, 0.29) is 11.7 Å². The first-order valence-corrected chi connectivity index (χ1v) is 9.76. The lowest BCUT2D eigenvalue weighted by Gasteiger charge is -2.34. The minimum atomic E-state index is -0.164. The third-order valence-electron chi connectivity index (χ3n) is 5.41. The number of aryl methyl sites for hydroxylation is 2. The molecule has 1 saturated heterocycles. The first kappa shape index (κ1) is 18.6.